The minimum atomic E-state index is -0.441. The molecule has 0 aromatic carbocycles. The molecule has 1 heterocycles. The van der Waals surface area contributed by atoms with Crippen LogP contribution in [0.15, 0.2) is 0 Å². The van der Waals surface area contributed by atoms with Crippen molar-refractivity contribution in [1.82, 2.24) is 4.90 Å². The molecule has 1 aliphatic heterocycles. The van der Waals surface area contributed by atoms with Crippen molar-refractivity contribution in [2.45, 2.75) is 58.7 Å². The van der Waals surface area contributed by atoms with Gasteiger partial charge < -0.3 is 15.4 Å². The summed E-state index contributed by atoms with van der Waals surface area (Å²) in [5.41, 5.74) is 5.62. The molecule has 1 fully saturated rings. The highest BCUT2D eigenvalue weighted by atomic mass is 16.6. The van der Waals surface area contributed by atoms with Gasteiger partial charge >= 0.3 is 6.09 Å². The van der Waals surface area contributed by atoms with Crippen LogP contribution in [0.1, 0.15) is 41.0 Å². The van der Waals surface area contributed by atoms with E-state index in [0.717, 1.165) is 13.0 Å². The molecular weight excluding hydrogens is 204 g/mol. The van der Waals surface area contributed by atoms with Crippen molar-refractivity contribution in [3.05, 3.63) is 0 Å². The van der Waals surface area contributed by atoms with E-state index in [2.05, 4.69) is 6.92 Å². The predicted octanol–water partition coefficient (Wildman–Crippen LogP) is 1.98. The molecule has 3 atom stereocenters. The van der Waals surface area contributed by atoms with Crippen LogP contribution >= 0.6 is 0 Å². The first-order valence-electron chi connectivity index (χ1n) is 5.97. The molecule has 1 rings (SSSR count). The first-order chi connectivity index (χ1) is 7.22. The summed E-state index contributed by atoms with van der Waals surface area (Å²) in [6, 6.07) is 0.0971. The van der Waals surface area contributed by atoms with Crippen LogP contribution in [0.5, 0.6) is 0 Å². The Morgan fingerprint density at radius 2 is 1.94 bits per heavy atom. The maximum atomic E-state index is 11.9. The summed E-state index contributed by atoms with van der Waals surface area (Å²) in [6.45, 7) is 10.5. The Bertz CT molecular complexity index is 260. The highest BCUT2D eigenvalue weighted by Crippen LogP contribution is 2.23. The topological polar surface area (TPSA) is 55.6 Å². The molecule has 16 heavy (non-hydrogen) atoms. The largest absolute Gasteiger partial charge is 0.444 e. The van der Waals surface area contributed by atoms with Crippen LogP contribution in [0.25, 0.3) is 0 Å². The van der Waals surface area contributed by atoms with Gasteiger partial charge in [0.1, 0.15) is 5.60 Å². The number of piperidine rings is 1. The monoisotopic (exact) mass is 228 g/mol. The third-order valence-electron chi connectivity index (χ3n) is 3.16. The van der Waals surface area contributed by atoms with Gasteiger partial charge in [-0.05, 0) is 40.0 Å². The molecular formula is C12H24N2O2. The van der Waals surface area contributed by atoms with Crippen LogP contribution < -0.4 is 5.73 Å². The van der Waals surface area contributed by atoms with E-state index in [-0.39, 0.29) is 18.2 Å². The van der Waals surface area contributed by atoms with Crippen LogP contribution in [0.2, 0.25) is 0 Å². The van der Waals surface area contributed by atoms with E-state index in [1.807, 2.05) is 27.7 Å². The van der Waals surface area contributed by atoms with Gasteiger partial charge in [-0.25, -0.2) is 4.79 Å². The van der Waals surface area contributed by atoms with Gasteiger partial charge in [-0.3, -0.25) is 0 Å². The molecule has 0 bridgehead atoms. The Kier molecular flexibility index (Phi) is 3.84. The number of ether oxygens (including phenoxy) is 1. The molecule has 4 nitrogen and oxygen atoms in total. The van der Waals surface area contributed by atoms with Crippen molar-refractivity contribution < 1.29 is 9.53 Å². The Morgan fingerprint density at radius 1 is 1.38 bits per heavy atom. The standard InChI is InChI=1S/C12H24N2O2/c1-8-6-7-14(9(2)10(8)13)11(15)16-12(3,4)5/h8-10H,6-7,13H2,1-5H3. The maximum Gasteiger partial charge on any atom is 0.410 e. The van der Waals surface area contributed by atoms with Crippen molar-refractivity contribution in [2.75, 3.05) is 6.54 Å². The Hall–Kier alpha value is -0.770. The molecule has 1 saturated heterocycles. The van der Waals surface area contributed by atoms with Crippen molar-refractivity contribution in [3.8, 4) is 0 Å². The number of likely N-dealkylation sites (tertiary alicyclic amines) is 1. The van der Waals surface area contributed by atoms with Gasteiger partial charge in [-0.15, -0.1) is 0 Å². The number of nitrogens with two attached hydrogens (primary N) is 1. The molecule has 1 amide bonds. The van der Waals surface area contributed by atoms with Crippen molar-refractivity contribution in [3.63, 3.8) is 0 Å². The molecule has 2 N–H and O–H groups in total. The fourth-order valence-electron chi connectivity index (χ4n) is 2.00. The molecule has 1 aliphatic rings. The Morgan fingerprint density at radius 3 is 2.44 bits per heavy atom. The van der Waals surface area contributed by atoms with E-state index in [9.17, 15) is 4.79 Å². The Balaban J connectivity index is 2.64. The molecule has 0 radical (unpaired) electrons. The first kappa shape index (κ1) is 13.3. The van der Waals surface area contributed by atoms with E-state index in [1.165, 1.54) is 0 Å². The molecule has 4 heteroatoms. The summed E-state index contributed by atoms with van der Waals surface area (Å²) in [4.78, 5) is 13.7. The maximum absolute atomic E-state index is 11.9. The van der Waals surface area contributed by atoms with Gasteiger partial charge in [-0.1, -0.05) is 6.92 Å². The molecule has 0 aromatic heterocycles. The van der Waals surface area contributed by atoms with Crippen molar-refractivity contribution in [1.29, 1.82) is 0 Å². The molecule has 0 spiro atoms. The Labute approximate surface area is 98.1 Å². The lowest BCUT2D eigenvalue weighted by molar-refractivity contribution is 0.00414. The highest BCUT2D eigenvalue weighted by Gasteiger charge is 2.35. The molecule has 0 saturated carbocycles. The van der Waals surface area contributed by atoms with Gasteiger partial charge in [-0.2, -0.15) is 0 Å². The summed E-state index contributed by atoms with van der Waals surface area (Å²) < 4.78 is 5.36. The van der Waals surface area contributed by atoms with E-state index in [4.69, 9.17) is 10.5 Å². The fraction of sp³-hybridized carbons (Fsp3) is 0.917. The first-order valence-corrected chi connectivity index (χ1v) is 5.97. The minimum Gasteiger partial charge on any atom is -0.444 e. The van der Waals surface area contributed by atoms with Gasteiger partial charge in [0.25, 0.3) is 0 Å². The van der Waals surface area contributed by atoms with E-state index in [1.54, 1.807) is 4.90 Å². The summed E-state index contributed by atoms with van der Waals surface area (Å²) in [7, 11) is 0. The zero-order chi connectivity index (χ0) is 12.5. The van der Waals surface area contributed by atoms with Crippen LogP contribution in [-0.2, 0) is 4.74 Å². The molecule has 0 aliphatic carbocycles. The van der Waals surface area contributed by atoms with E-state index < -0.39 is 5.60 Å². The molecule has 0 aromatic rings. The average Bonchev–Trinajstić information content (AvgIpc) is 2.11. The van der Waals surface area contributed by atoms with Gasteiger partial charge in [0.2, 0.25) is 0 Å². The lowest BCUT2D eigenvalue weighted by Crippen LogP contribution is -2.56. The van der Waals surface area contributed by atoms with E-state index in [0.29, 0.717) is 5.92 Å². The lowest BCUT2D eigenvalue weighted by atomic mass is 9.89. The summed E-state index contributed by atoms with van der Waals surface area (Å²) >= 11 is 0. The smallest absolute Gasteiger partial charge is 0.410 e. The normalized spacial score (nSPS) is 31.4. The minimum absolute atomic E-state index is 0.0428. The highest BCUT2D eigenvalue weighted by molar-refractivity contribution is 5.68. The van der Waals surface area contributed by atoms with Crippen LogP contribution in [-0.4, -0.2) is 35.2 Å². The SMILES string of the molecule is CC1CCN(C(=O)OC(C)(C)C)C(C)C1N. The third-order valence-corrected chi connectivity index (χ3v) is 3.16. The second-order valence-electron chi connectivity index (χ2n) is 5.76. The van der Waals surface area contributed by atoms with Crippen LogP contribution in [0.4, 0.5) is 4.79 Å². The number of amides is 1. The average molecular weight is 228 g/mol. The summed E-state index contributed by atoms with van der Waals surface area (Å²) in [6.07, 6.45) is 0.701. The number of hydrogen-bond donors (Lipinski definition) is 1. The quantitative estimate of drug-likeness (QED) is 0.689. The van der Waals surface area contributed by atoms with Gasteiger partial charge in [0.15, 0.2) is 0 Å². The second-order valence-corrected chi connectivity index (χ2v) is 5.76. The lowest BCUT2D eigenvalue weighted by Gasteiger charge is -2.41. The molecule has 3 unspecified atom stereocenters. The van der Waals surface area contributed by atoms with Crippen molar-refractivity contribution in [2.24, 2.45) is 11.7 Å². The number of rotatable bonds is 0. The zero-order valence-electron chi connectivity index (χ0n) is 11.0. The van der Waals surface area contributed by atoms with E-state index >= 15 is 0 Å². The third kappa shape index (κ3) is 3.11. The second kappa shape index (κ2) is 4.62. The number of hydrogen-bond acceptors (Lipinski definition) is 3. The summed E-state index contributed by atoms with van der Waals surface area (Å²) in [5.74, 6) is 0.466. The van der Waals surface area contributed by atoms with Gasteiger partial charge in [0, 0.05) is 18.6 Å². The summed E-state index contributed by atoms with van der Waals surface area (Å²) in [5, 5.41) is 0. The fourth-order valence-corrected chi connectivity index (χ4v) is 2.00. The number of nitrogens with zero attached hydrogens (tertiary/aromatic N) is 1. The molecule has 94 valence electrons. The number of carbonyl (C=O) groups excluding carboxylic acids is 1. The van der Waals surface area contributed by atoms with Crippen molar-refractivity contribution >= 4 is 6.09 Å². The zero-order valence-corrected chi connectivity index (χ0v) is 11.0. The predicted molar refractivity (Wildman–Crippen MR) is 64.2 cm³/mol. The van der Waals surface area contributed by atoms with Crippen LogP contribution in [0.3, 0.4) is 0 Å². The van der Waals surface area contributed by atoms with Gasteiger partial charge in [0.05, 0.1) is 0 Å². The number of carbonyl (C=O) groups is 1. The van der Waals surface area contributed by atoms with Crippen LogP contribution in [0, 0.1) is 5.92 Å².